The van der Waals surface area contributed by atoms with Crippen molar-refractivity contribution in [1.29, 1.82) is 0 Å². The van der Waals surface area contributed by atoms with Gasteiger partial charge in [-0.3, -0.25) is 0 Å². The Labute approximate surface area is 157 Å². The van der Waals surface area contributed by atoms with E-state index in [1.807, 2.05) is 37.9 Å². The van der Waals surface area contributed by atoms with Gasteiger partial charge in [0, 0.05) is 31.4 Å². The molecule has 1 amide bonds. The zero-order valence-electron chi connectivity index (χ0n) is 16.5. The molecule has 1 aromatic rings. The van der Waals surface area contributed by atoms with Gasteiger partial charge in [0.25, 0.3) is 0 Å². The van der Waals surface area contributed by atoms with Crippen LogP contribution < -0.4 is 4.90 Å². The first-order chi connectivity index (χ1) is 12.5. The number of ether oxygens (including phenoxy) is 1. The number of pyridine rings is 1. The first-order valence-electron chi connectivity index (χ1n) is 10.2. The van der Waals surface area contributed by atoms with Crippen LogP contribution in [0.2, 0.25) is 0 Å². The van der Waals surface area contributed by atoms with E-state index in [0.29, 0.717) is 0 Å². The number of aromatic nitrogens is 1. The Morgan fingerprint density at radius 1 is 1.08 bits per heavy atom. The van der Waals surface area contributed by atoms with E-state index >= 15 is 0 Å². The van der Waals surface area contributed by atoms with Gasteiger partial charge in [-0.25, -0.2) is 9.78 Å². The number of hydrogen-bond acceptors (Lipinski definition) is 4. The minimum absolute atomic E-state index is 0.0607. The summed E-state index contributed by atoms with van der Waals surface area (Å²) in [6, 6.07) is 4.21. The standard InChI is InChI=1S/C21H33N3O2/c1-21(2,3)26-20(25)24-16-9-6-12-18(24)17-11-10-13-22-19(17)23-14-7-4-5-8-15-23/h10-11,13,18H,4-9,12,14-16H2,1-3H3/t18-/m1/s1. The molecule has 0 spiro atoms. The van der Waals surface area contributed by atoms with Crippen LogP contribution in [0.5, 0.6) is 0 Å². The van der Waals surface area contributed by atoms with Gasteiger partial charge < -0.3 is 14.5 Å². The summed E-state index contributed by atoms with van der Waals surface area (Å²) < 4.78 is 5.69. The Hall–Kier alpha value is -1.78. The third-order valence-corrected chi connectivity index (χ3v) is 5.21. The molecule has 0 bridgehead atoms. The minimum Gasteiger partial charge on any atom is -0.444 e. The normalized spacial score (nSPS) is 22.0. The highest BCUT2D eigenvalue weighted by atomic mass is 16.6. The first kappa shape index (κ1) is 19.0. The highest BCUT2D eigenvalue weighted by molar-refractivity contribution is 5.69. The molecule has 144 valence electrons. The van der Waals surface area contributed by atoms with Crippen LogP contribution in [0.4, 0.5) is 10.6 Å². The fourth-order valence-electron chi connectivity index (χ4n) is 4.01. The third-order valence-electron chi connectivity index (χ3n) is 5.21. The van der Waals surface area contributed by atoms with Crippen molar-refractivity contribution < 1.29 is 9.53 Å². The molecule has 2 aliphatic heterocycles. The maximum atomic E-state index is 12.8. The molecule has 0 radical (unpaired) electrons. The van der Waals surface area contributed by atoms with E-state index in [1.54, 1.807) is 0 Å². The Morgan fingerprint density at radius 3 is 2.46 bits per heavy atom. The van der Waals surface area contributed by atoms with Gasteiger partial charge in [0.05, 0.1) is 6.04 Å². The molecule has 0 N–H and O–H groups in total. The minimum atomic E-state index is -0.471. The van der Waals surface area contributed by atoms with Gasteiger partial charge in [0.15, 0.2) is 0 Å². The number of carbonyl (C=O) groups excluding carboxylic acids is 1. The molecule has 0 saturated carbocycles. The Bertz CT molecular complexity index is 604. The summed E-state index contributed by atoms with van der Waals surface area (Å²) in [5.41, 5.74) is 0.710. The summed E-state index contributed by atoms with van der Waals surface area (Å²) in [6.45, 7) is 8.66. The molecule has 2 fully saturated rings. The molecule has 3 rings (SSSR count). The molecule has 5 nitrogen and oxygen atoms in total. The zero-order valence-corrected chi connectivity index (χ0v) is 16.5. The van der Waals surface area contributed by atoms with Gasteiger partial charge in [-0.15, -0.1) is 0 Å². The van der Waals surface area contributed by atoms with E-state index in [-0.39, 0.29) is 12.1 Å². The van der Waals surface area contributed by atoms with E-state index in [2.05, 4.69) is 11.0 Å². The number of carbonyl (C=O) groups is 1. The number of anilines is 1. The van der Waals surface area contributed by atoms with Gasteiger partial charge in [0.2, 0.25) is 0 Å². The maximum absolute atomic E-state index is 12.8. The number of likely N-dealkylation sites (tertiary alicyclic amines) is 1. The van der Waals surface area contributed by atoms with E-state index in [0.717, 1.165) is 44.7 Å². The molecule has 26 heavy (non-hydrogen) atoms. The van der Waals surface area contributed by atoms with Gasteiger partial charge in [0.1, 0.15) is 11.4 Å². The van der Waals surface area contributed by atoms with Crippen LogP contribution in [-0.4, -0.2) is 41.2 Å². The molecule has 0 aliphatic carbocycles. The summed E-state index contributed by atoms with van der Waals surface area (Å²) >= 11 is 0. The molecule has 1 aromatic heterocycles. The zero-order chi connectivity index (χ0) is 18.6. The first-order valence-corrected chi connectivity index (χ1v) is 10.2. The maximum Gasteiger partial charge on any atom is 0.410 e. The molecule has 5 heteroatoms. The van der Waals surface area contributed by atoms with Crippen molar-refractivity contribution in [3.63, 3.8) is 0 Å². The SMILES string of the molecule is CC(C)(C)OC(=O)N1CCCC[C@@H]1c1cccnc1N1CCCCCC1. The Kier molecular flexibility index (Phi) is 6.05. The second-order valence-electron chi connectivity index (χ2n) is 8.50. The van der Waals surface area contributed by atoms with Crippen molar-refractivity contribution in [3.8, 4) is 0 Å². The Morgan fingerprint density at radius 2 is 1.77 bits per heavy atom. The average Bonchev–Trinajstić information content (AvgIpc) is 2.89. The van der Waals surface area contributed by atoms with Crippen LogP contribution in [0.15, 0.2) is 18.3 Å². The van der Waals surface area contributed by atoms with E-state index in [1.165, 1.54) is 31.2 Å². The van der Waals surface area contributed by atoms with Crippen LogP contribution in [0.3, 0.4) is 0 Å². The predicted octanol–water partition coefficient (Wildman–Crippen LogP) is 4.92. The molecular weight excluding hydrogens is 326 g/mol. The topological polar surface area (TPSA) is 45.7 Å². The van der Waals surface area contributed by atoms with E-state index in [4.69, 9.17) is 9.72 Å². The molecular formula is C21H33N3O2. The van der Waals surface area contributed by atoms with Gasteiger partial charge in [-0.1, -0.05) is 18.9 Å². The third kappa shape index (κ3) is 4.68. The van der Waals surface area contributed by atoms with Crippen LogP contribution in [0, 0.1) is 0 Å². The number of piperidine rings is 1. The summed E-state index contributed by atoms with van der Waals surface area (Å²) in [6.07, 6.45) is 9.86. The quantitative estimate of drug-likeness (QED) is 0.751. The molecule has 0 unspecified atom stereocenters. The van der Waals surface area contributed by atoms with Gasteiger partial charge in [-0.05, 0) is 58.9 Å². The van der Waals surface area contributed by atoms with Crippen molar-refractivity contribution in [2.45, 2.75) is 77.4 Å². The number of hydrogen-bond donors (Lipinski definition) is 0. The van der Waals surface area contributed by atoms with E-state index in [9.17, 15) is 4.79 Å². The van der Waals surface area contributed by atoms with E-state index < -0.39 is 5.60 Å². The van der Waals surface area contributed by atoms with Crippen molar-refractivity contribution in [2.75, 3.05) is 24.5 Å². The van der Waals surface area contributed by atoms with Crippen molar-refractivity contribution in [2.24, 2.45) is 0 Å². The van der Waals surface area contributed by atoms with Crippen LogP contribution in [0.25, 0.3) is 0 Å². The molecule has 2 saturated heterocycles. The number of nitrogens with zero attached hydrogens (tertiary/aromatic N) is 3. The molecule has 2 aliphatic rings. The lowest BCUT2D eigenvalue weighted by Crippen LogP contribution is -2.42. The Balaban J connectivity index is 1.86. The van der Waals surface area contributed by atoms with Crippen molar-refractivity contribution in [3.05, 3.63) is 23.9 Å². The lowest BCUT2D eigenvalue weighted by molar-refractivity contribution is 0.00954. The summed E-state index contributed by atoms with van der Waals surface area (Å²) in [5.74, 6) is 1.06. The summed E-state index contributed by atoms with van der Waals surface area (Å²) in [4.78, 5) is 21.9. The predicted molar refractivity (Wildman–Crippen MR) is 104 cm³/mol. The van der Waals surface area contributed by atoms with Gasteiger partial charge in [-0.2, -0.15) is 0 Å². The smallest absolute Gasteiger partial charge is 0.410 e. The monoisotopic (exact) mass is 359 g/mol. The second-order valence-corrected chi connectivity index (χ2v) is 8.50. The summed E-state index contributed by atoms with van der Waals surface area (Å²) in [5, 5.41) is 0. The van der Waals surface area contributed by atoms with Crippen molar-refractivity contribution >= 4 is 11.9 Å². The van der Waals surface area contributed by atoms with Crippen LogP contribution >= 0.6 is 0 Å². The fraction of sp³-hybridized carbons (Fsp3) is 0.714. The molecule has 0 aromatic carbocycles. The molecule has 3 heterocycles. The number of rotatable bonds is 2. The number of amides is 1. The highest BCUT2D eigenvalue weighted by Crippen LogP contribution is 2.36. The van der Waals surface area contributed by atoms with Crippen LogP contribution in [0.1, 0.15) is 77.3 Å². The second kappa shape index (κ2) is 8.28. The highest BCUT2D eigenvalue weighted by Gasteiger charge is 2.33. The largest absolute Gasteiger partial charge is 0.444 e. The van der Waals surface area contributed by atoms with Gasteiger partial charge >= 0.3 is 6.09 Å². The van der Waals surface area contributed by atoms with Crippen LogP contribution in [-0.2, 0) is 4.74 Å². The fourth-order valence-corrected chi connectivity index (χ4v) is 4.01. The summed E-state index contributed by atoms with van der Waals surface area (Å²) in [7, 11) is 0. The lowest BCUT2D eigenvalue weighted by Gasteiger charge is -2.38. The lowest BCUT2D eigenvalue weighted by atomic mass is 9.95. The molecule has 1 atom stereocenters. The van der Waals surface area contributed by atoms with Crippen molar-refractivity contribution in [1.82, 2.24) is 9.88 Å². The average molecular weight is 360 g/mol.